The lowest BCUT2D eigenvalue weighted by Crippen LogP contribution is -2.34. The van der Waals surface area contributed by atoms with Crippen LogP contribution in [0.4, 0.5) is 0 Å². The normalized spacial score (nSPS) is 14.7. The quantitative estimate of drug-likeness (QED) is 0.603. The minimum atomic E-state index is -3.78. The molecule has 0 saturated carbocycles. The molecule has 2 atom stereocenters. The van der Waals surface area contributed by atoms with Crippen LogP contribution in [0.2, 0.25) is 0 Å². The van der Waals surface area contributed by atoms with Crippen molar-refractivity contribution in [2.45, 2.75) is 31.5 Å². The smallest absolute Gasteiger partial charge is 0.321 e. The van der Waals surface area contributed by atoms with Crippen molar-refractivity contribution in [1.29, 1.82) is 0 Å². The van der Waals surface area contributed by atoms with Gasteiger partial charge >= 0.3 is 5.97 Å². The first-order valence-corrected chi connectivity index (χ1v) is 9.56. The number of nitrogens with one attached hydrogen (secondary N) is 1. The molecule has 128 valence electrons. The Morgan fingerprint density at radius 3 is 2.50 bits per heavy atom. The van der Waals surface area contributed by atoms with Gasteiger partial charge in [0.15, 0.2) is 0 Å². The molecule has 1 heterocycles. The van der Waals surface area contributed by atoms with E-state index >= 15 is 0 Å². The Labute approximate surface area is 141 Å². The summed E-state index contributed by atoms with van der Waals surface area (Å²) in [4.78, 5) is 25.4. The van der Waals surface area contributed by atoms with Gasteiger partial charge in [0.25, 0.3) is 7.52 Å². The summed E-state index contributed by atoms with van der Waals surface area (Å²) in [5, 5.41) is 11.7. The lowest BCUT2D eigenvalue weighted by Gasteiger charge is -2.19. The minimum absolute atomic E-state index is 0.0970. The Kier molecular flexibility index (Phi) is 6.67. The highest BCUT2D eigenvalue weighted by molar-refractivity contribution is 7.55. The number of carboxylic acids is 1. The molecule has 2 aromatic rings. The summed E-state index contributed by atoms with van der Waals surface area (Å²) >= 11 is 0. The molecule has 0 bridgehead atoms. The standard InChI is InChI=1S/C17H21N2O4P/c20-17(21)16(10-4-8-14-9-5-11-18-12-14)19-24(22,23)13-15-6-2-1-3-7-15/h1-3,5-7,9,11-12,16H,4,8,10,13H2,(H,20,21)(H2,19,22,23). The number of rotatable bonds is 9. The first kappa shape index (κ1) is 18.3. The SMILES string of the molecule is O=C(O)C(CCCc1cccnc1)NP(=O)(O)Cc1ccccc1. The fourth-order valence-corrected chi connectivity index (χ4v) is 3.94. The molecule has 2 rings (SSSR count). The van der Waals surface area contributed by atoms with Crippen LogP contribution >= 0.6 is 7.52 Å². The largest absolute Gasteiger partial charge is 0.480 e. The predicted octanol–water partition coefficient (Wildman–Crippen LogP) is 2.83. The average Bonchev–Trinajstić information content (AvgIpc) is 2.55. The van der Waals surface area contributed by atoms with Crippen molar-refractivity contribution in [3.05, 3.63) is 66.0 Å². The summed E-state index contributed by atoms with van der Waals surface area (Å²) in [6, 6.07) is 11.5. The van der Waals surface area contributed by atoms with E-state index in [0.717, 1.165) is 5.56 Å². The lowest BCUT2D eigenvalue weighted by molar-refractivity contribution is -0.139. The summed E-state index contributed by atoms with van der Waals surface area (Å²) < 4.78 is 12.3. The summed E-state index contributed by atoms with van der Waals surface area (Å²) in [6.07, 6.45) is 4.84. The Bertz CT molecular complexity index is 694. The molecule has 0 aliphatic carbocycles. The van der Waals surface area contributed by atoms with Crippen molar-refractivity contribution in [2.75, 3.05) is 0 Å². The zero-order valence-corrected chi connectivity index (χ0v) is 14.1. The van der Waals surface area contributed by atoms with E-state index in [1.807, 2.05) is 18.2 Å². The van der Waals surface area contributed by atoms with Gasteiger partial charge in [-0.25, -0.2) is 5.09 Å². The molecule has 0 saturated heterocycles. The molecule has 1 aromatic heterocycles. The van der Waals surface area contributed by atoms with Gasteiger partial charge < -0.3 is 10.00 Å². The summed E-state index contributed by atoms with van der Waals surface area (Å²) in [6.45, 7) is 0. The average molecular weight is 348 g/mol. The van der Waals surface area contributed by atoms with E-state index in [2.05, 4.69) is 10.1 Å². The maximum Gasteiger partial charge on any atom is 0.321 e. The molecule has 24 heavy (non-hydrogen) atoms. The highest BCUT2D eigenvalue weighted by Crippen LogP contribution is 2.40. The third kappa shape index (κ3) is 6.24. The van der Waals surface area contributed by atoms with Crippen molar-refractivity contribution in [3.63, 3.8) is 0 Å². The third-order valence-electron chi connectivity index (χ3n) is 3.58. The van der Waals surface area contributed by atoms with Crippen LogP contribution in [0.15, 0.2) is 54.9 Å². The zero-order chi connectivity index (χ0) is 17.4. The van der Waals surface area contributed by atoms with E-state index in [9.17, 15) is 19.4 Å². The van der Waals surface area contributed by atoms with E-state index in [-0.39, 0.29) is 12.6 Å². The zero-order valence-electron chi connectivity index (χ0n) is 13.2. The Balaban J connectivity index is 1.90. The Morgan fingerprint density at radius 2 is 1.88 bits per heavy atom. The number of carboxylic acid groups (broad SMARTS) is 1. The van der Waals surface area contributed by atoms with Crippen molar-refractivity contribution in [3.8, 4) is 0 Å². The topological polar surface area (TPSA) is 99.5 Å². The molecule has 0 spiro atoms. The molecule has 2 unspecified atom stereocenters. The van der Waals surface area contributed by atoms with Gasteiger partial charge in [-0.05, 0) is 36.5 Å². The van der Waals surface area contributed by atoms with Crippen molar-refractivity contribution in [2.24, 2.45) is 0 Å². The Hall–Kier alpha value is -2.01. The van der Waals surface area contributed by atoms with Gasteiger partial charge in [0, 0.05) is 12.4 Å². The monoisotopic (exact) mass is 348 g/mol. The number of aromatic nitrogens is 1. The number of hydrogen-bond acceptors (Lipinski definition) is 3. The van der Waals surface area contributed by atoms with Gasteiger partial charge in [-0.1, -0.05) is 36.4 Å². The number of aryl methyl sites for hydroxylation is 1. The van der Waals surface area contributed by atoms with Gasteiger partial charge in [0.05, 0.1) is 6.16 Å². The molecule has 0 amide bonds. The molecule has 3 N–H and O–H groups in total. The van der Waals surface area contributed by atoms with Crippen molar-refractivity contribution >= 4 is 13.5 Å². The second kappa shape index (κ2) is 8.73. The number of nitrogens with zero attached hydrogens (tertiary/aromatic N) is 1. The number of aliphatic carboxylic acids is 1. The second-order valence-electron chi connectivity index (χ2n) is 5.62. The van der Waals surface area contributed by atoms with Crippen LogP contribution in [0.5, 0.6) is 0 Å². The molecule has 6 nitrogen and oxygen atoms in total. The van der Waals surface area contributed by atoms with Crippen molar-refractivity contribution < 1.29 is 19.4 Å². The molecule has 0 aliphatic heterocycles. The first-order valence-electron chi connectivity index (χ1n) is 7.71. The van der Waals surface area contributed by atoms with Crippen LogP contribution < -0.4 is 5.09 Å². The molecular formula is C17H21N2O4P. The Morgan fingerprint density at radius 1 is 1.17 bits per heavy atom. The second-order valence-corrected chi connectivity index (χ2v) is 7.60. The number of carbonyl (C=O) groups is 1. The summed E-state index contributed by atoms with van der Waals surface area (Å²) in [5.74, 6) is -1.12. The van der Waals surface area contributed by atoms with E-state index in [0.29, 0.717) is 18.4 Å². The van der Waals surface area contributed by atoms with E-state index in [4.69, 9.17) is 0 Å². The van der Waals surface area contributed by atoms with Gasteiger partial charge in [-0.2, -0.15) is 0 Å². The van der Waals surface area contributed by atoms with Crippen LogP contribution in [-0.4, -0.2) is 27.0 Å². The highest BCUT2D eigenvalue weighted by atomic mass is 31.2. The van der Waals surface area contributed by atoms with Crippen LogP contribution in [0.3, 0.4) is 0 Å². The number of benzene rings is 1. The van der Waals surface area contributed by atoms with Gasteiger partial charge in [0.2, 0.25) is 0 Å². The summed E-state index contributed by atoms with van der Waals surface area (Å²) in [5.41, 5.74) is 1.70. The molecular weight excluding hydrogens is 327 g/mol. The minimum Gasteiger partial charge on any atom is -0.480 e. The van der Waals surface area contributed by atoms with Gasteiger partial charge in [0.1, 0.15) is 6.04 Å². The first-order chi connectivity index (χ1) is 11.5. The van der Waals surface area contributed by atoms with Crippen LogP contribution in [0.1, 0.15) is 24.0 Å². The molecule has 0 fully saturated rings. The number of hydrogen-bond donors (Lipinski definition) is 3. The van der Waals surface area contributed by atoms with Gasteiger partial charge in [-0.15, -0.1) is 0 Å². The fourth-order valence-electron chi connectivity index (χ4n) is 2.42. The molecule has 0 aliphatic rings. The van der Waals surface area contributed by atoms with Gasteiger partial charge in [-0.3, -0.25) is 14.3 Å². The van der Waals surface area contributed by atoms with E-state index in [1.165, 1.54) is 0 Å². The highest BCUT2D eigenvalue weighted by Gasteiger charge is 2.27. The summed E-state index contributed by atoms with van der Waals surface area (Å²) in [7, 11) is -3.78. The predicted molar refractivity (Wildman–Crippen MR) is 91.7 cm³/mol. The van der Waals surface area contributed by atoms with E-state index < -0.39 is 19.5 Å². The molecule has 0 radical (unpaired) electrons. The fraction of sp³-hybridized carbons (Fsp3) is 0.294. The third-order valence-corrected chi connectivity index (χ3v) is 5.09. The molecule has 1 aromatic carbocycles. The lowest BCUT2D eigenvalue weighted by atomic mass is 10.1. The maximum atomic E-state index is 12.3. The number of pyridine rings is 1. The van der Waals surface area contributed by atoms with Crippen LogP contribution in [-0.2, 0) is 21.9 Å². The van der Waals surface area contributed by atoms with Crippen LogP contribution in [0, 0.1) is 0 Å². The van der Waals surface area contributed by atoms with E-state index in [1.54, 1.807) is 36.7 Å². The molecule has 7 heteroatoms. The van der Waals surface area contributed by atoms with Crippen molar-refractivity contribution in [1.82, 2.24) is 10.1 Å². The van der Waals surface area contributed by atoms with Crippen LogP contribution in [0.25, 0.3) is 0 Å². The maximum absolute atomic E-state index is 12.3.